The number of carbonyl (C=O) groups is 1. The first-order chi connectivity index (χ1) is 12.5. The number of nitrogens with one attached hydrogen (secondary N) is 1. The van der Waals surface area contributed by atoms with Crippen LogP contribution in [0.3, 0.4) is 0 Å². The van der Waals surface area contributed by atoms with Crippen molar-refractivity contribution >= 4 is 5.91 Å². The summed E-state index contributed by atoms with van der Waals surface area (Å²) in [4.78, 5) is 13.6. The summed E-state index contributed by atoms with van der Waals surface area (Å²) >= 11 is 0. The second kappa shape index (κ2) is 7.09. The highest BCUT2D eigenvalue weighted by Gasteiger charge is 2.57. The Morgan fingerprint density at radius 2 is 2.04 bits per heavy atom. The Labute approximate surface area is 157 Å². The zero-order valence-electron chi connectivity index (χ0n) is 16.0. The molecule has 0 radical (unpaired) electrons. The number of amides is 1. The van der Waals surface area contributed by atoms with Crippen molar-refractivity contribution in [3.63, 3.8) is 0 Å². The van der Waals surface area contributed by atoms with Crippen molar-refractivity contribution in [1.29, 1.82) is 0 Å². The SMILES string of the molecule is CC(C)c1cc2c(c([C@@H]3CCCN3)c1)CN(C(=O)[C@@](C)(O)C(F)(F)F)CC2. The van der Waals surface area contributed by atoms with E-state index in [4.69, 9.17) is 0 Å². The van der Waals surface area contributed by atoms with Gasteiger partial charge in [0.1, 0.15) is 0 Å². The van der Waals surface area contributed by atoms with Crippen LogP contribution in [0.25, 0.3) is 0 Å². The van der Waals surface area contributed by atoms with E-state index in [1.807, 2.05) is 0 Å². The number of rotatable bonds is 3. The molecule has 7 heteroatoms. The third-order valence-electron chi connectivity index (χ3n) is 5.76. The van der Waals surface area contributed by atoms with Crippen LogP contribution in [0.5, 0.6) is 0 Å². The lowest BCUT2D eigenvalue weighted by Crippen LogP contribution is -2.56. The molecule has 3 rings (SSSR count). The predicted octanol–water partition coefficient (Wildman–Crippen LogP) is 3.43. The molecule has 2 aliphatic rings. The van der Waals surface area contributed by atoms with Gasteiger partial charge in [0.2, 0.25) is 5.60 Å². The molecule has 2 heterocycles. The van der Waals surface area contributed by atoms with E-state index in [0.29, 0.717) is 19.3 Å². The van der Waals surface area contributed by atoms with E-state index in [0.717, 1.165) is 41.0 Å². The fourth-order valence-electron chi connectivity index (χ4n) is 3.92. The number of hydrogen-bond donors (Lipinski definition) is 2. The maximum atomic E-state index is 13.1. The van der Waals surface area contributed by atoms with Crippen LogP contribution < -0.4 is 5.32 Å². The summed E-state index contributed by atoms with van der Waals surface area (Å²) < 4.78 is 39.3. The van der Waals surface area contributed by atoms with Gasteiger partial charge in [0, 0.05) is 19.1 Å². The lowest BCUT2D eigenvalue weighted by Gasteiger charge is -2.36. The molecule has 1 amide bonds. The maximum absolute atomic E-state index is 13.1. The molecule has 2 atom stereocenters. The van der Waals surface area contributed by atoms with Crippen molar-refractivity contribution in [1.82, 2.24) is 10.2 Å². The normalized spacial score (nSPS) is 22.7. The lowest BCUT2D eigenvalue weighted by atomic mass is 9.85. The zero-order valence-corrected chi connectivity index (χ0v) is 16.0. The number of carbonyl (C=O) groups excluding carboxylic acids is 1. The second-order valence-electron chi connectivity index (χ2n) is 8.10. The van der Waals surface area contributed by atoms with Crippen molar-refractivity contribution in [2.24, 2.45) is 0 Å². The molecule has 0 saturated carbocycles. The lowest BCUT2D eigenvalue weighted by molar-refractivity contribution is -0.250. The molecule has 0 bridgehead atoms. The minimum absolute atomic E-state index is 0.103. The van der Waals surface area contributed by atoms with Crippen LogP contribution in [0.1, 0.15) is 67.8 Å². The molecule has 27 heavy (non-hydrogen) atoms. The molecule has 1 fully saturated rings. The first-order valence-corrected chi connectivity index (χ1v) is 9.50. The van der Waals surface area contributed by atoms with Gasteiger partial charge in [-0.1, -0.05) is 26.0 Å². The molecule has 1 aromatic carbocycles. The van der Waals surface area contributed by atoms with Crippen molar-refractivity contribution in [3.8, 4) is 0 Å². The van der Waals surface area contributed by atoms with E-state index in [2.05, 4.69) is 31.3 Å². The molecule has 0 aliphatic carbocycles. The molecule has 2 aliphatic heterocycles. The van der Waals surface area contributed by atoms with Crippen LogP contribution in [-0.4, -0.2) is 40.8 Å². The Balaban J connectivity index is 1.96. The highest BCUT2D eigenvalue weighted by atomic mass is 19.4. The largest absolute Gasteiger partial charge is 0.426 e. The fourth-order valence-corrected chi connectivity index (χ4v) is 3.92. The number of halogens is 3. The van der Waals surface area contributed by atoms with Gasteiger partial charge in [-0.25, -0.2) is 0 Å². The van der Waals surface area contributed by atoms with E-state index in [-0.39, 0.29) is 19.1 Å². The van der Waals surface area contributed by atoms with Crippen molar-refractivity contribution in [2.75, 3.05) is 13.1 Å². The van der Waals surface area contributed by atoms with E-state index in [9.17, 15) is 23.1 Å². The van der Waals surface area contributed by atoms with Crippen LogP contribution in [0.4, 0.5) is 13.2 Å². The number of aliphatic hydroxyl groups is 1. The van der Waals surface area contributed by atoms with E-state index in [1.54, 1.807) is 0 Å². The quantitative estimate of drug-likeness (QED) is 0.840. The van der Waals surface area contributed by atoms with Crippen molar-refractivity contribution < 1.29 is 23.1 Å². The van der Waals surface area contributed by atoms with Gasteiger partial charge in [0.15, 0.2) is 0 Å². The fraction of sp³-hybridized carbons (Fsp3) is 0.650. The first-order valence-electron chi connectivity index (χ1n) is 9.50. The minimum Gasteiger partial charge on any atom is -0.373 e. The highest BCUT2D eigenvalue weighted by molar-refractivity contribution is 5.85. The summed E-state index contributed by atoms with van der Waals surface area (Å²) in [7, 11) is 0. The summed E-state index contributed by atoms with van der Waals surface area (Å²) in [6.07, 6.45) is -2.48. The van der Waals surface area contributed by atoms with Crippen LogP contribution in [-0.2, 0) is 17.8 Å². The summed E-state index contributed by atoms with van der Waals surface area (Å²) in [6.45, 7) is 5.96. The van der Waals surface area contributed by atoms with Crippen LogP contribution in [0.2, 0.25) is 0 Å². The zero-order chi connectivity index (χ0) is 20.0. The Morgan fingerprint density at radius 1 is 1.33 bits per heavy atom. The monoisotopic (exact) mass is 384 g/mol. The maximum Gasteiger partial charge on any atom is 0.426 e. The third-order valence-corrected chi connectivity index (χ3v) is 5.76. The number of fused-ring (bicyclic) bond motifs is 1. The van der Waals surface area contributed by atoms with Crippen LogP contribution >= 0.6 is 0 Å². The van der Waals surface area contributed by atoms with E-state index < -0.39 is 17.7 Å². The van der Waals surface area contributed by atoms with Gasteiger partial charge < -0.3 is 15.3 Å². The van der Waals surface area contributed by atoms with Gasteiger partial charge in [-0.3, -0.25) is 4.79 Å². The van der Waals surface area contributed by atoms with Crippen molar-refractivity contribution in [2.45, 2.75) is 70.3 Å². The van der Waals surface area contributed by atoms with E-state index >= 15 is 0 Å². The second-order valence-corrected chi connectivity index (χ2v) is 8.10. The number of hydrogen-bond acceptors (Lipinski definition) is 3. The summed E-state index contributed by atoms with van der Waals surface area (Å²) in [6, 6.07) is 4.40. The smallest absolute Gasteiger partial charge is 0.373 e. The standard InChI is InChI=1S/C20H27F3N2O2/c1-12(2)14-9-13-6-8-25(18(26)19(3,27)20(21,22)23)11-16(13)15(10-14)17-5-4-7-24-17/h9-10,12,17,24,27H,4-8,11H2,1-3H3/t17-,19+/m0/s1. The molecule has 2 N–H and O–H groups in total. The van der Waals surface area contributed by atoms with Gasteiger partial charge in [0.25, 0.3) is 5.91 Å². The summed E-state index contributed by atoms with van der Waals surface area (Å²) in [5.41, 5.74) is 0.947. The van der Waals surface area contributed by atoms with Crippen LogP contribution in [0, 0.1) is 0 Å². The summed E-state index contributed by atoms with van der Waals surface area (Å²) in [5.74, 6) is -0.931. The minimum atomic E-state index is -5.00. The number of alkyl halides is 3. The topological polar surface area (TPSA) is 52.6 Å². The van der Waals surface area contributed by atoms with Gasteiger partial charge in [-0.2, -0.15) is 13.2 Å². The molecule has 4 nitrogen and oxygen atoms in total. The Bertz CT molecular complexity index is 723. The van der Waals surface area contributed by atoms with Gasteiger partial charge in [-0.15, -0.1) is 0 Å². The molecular weight excluding hydrogens is 357 g/mol. The molecule has 1 saturated heterocycles. The van der Waals surface area contributed by atoms with Crippen LogP contribution in [0.15, 0.2) is 12.1 Å². The molecule has 150 valence electrons. The molecule has 0 aromatic heterocycles. The first kappa shape index (κ1) is 20.1. The Morgan fingerprint density at radius 3 is 2.59 bits per heavy atom. The molecule has 1 aromatic rings. The van der Waals surface area contributed by atoms with Gasteiger partial charge in [-0.05, 0) is 60.9 Å². The van der Waals surface area contributed by atoms with Gasteiger partial charge >= 0.3 is 6.18 Å². The highest BCUT2D eigenvalue weighted by Crippen LogP contribution is 2.37. The predicted molar refractivity (Wildman–Crippen MR) is 96.3 cm³/mol. The Kier molecular flexibility index (Phi) is 5.29. The van der Waals surface area contributed by atoms with E-state index in [1.165, 1.54) is 5.56 Å². The Hall–Kier alpha value is -1.60. The average Bonchev–Trinajstić information content (AvgIpc) is 3.12. The van der Waals surface area contributed by atoms with Crippen molar-refractivity contribution in [3.05, 3.63) is 34.4 Å². The average molecular weight is 384 g/mol. The van der Waals surface area contributed by atoms with Gasteiger partial charge in [0.05, 0.1) is 0 Å². The summed E-state index contributed by atoms with van der Waals surface area (Å²) in [5, 5.41) is 13.2. The number of nitrogens with zero attached hydrogens (tertiary/aromatic N) is 1. The molecular formula is C20H27F3N2O2. The number of benzene rings is 1. The molecule has 0 unspecified atom stereocenters. The molecule has 0 spiro atoms. The third kappa shape index (κ3) is 3.72.